The van der Waals surface area contributed by atoms with Crippen LogP contribution in [0.3, 0.4) is 0 Å². The van der Waals surface area contributed by atoms with Crippen molar-refractivity contribution in [2.24, 2.45) is 0 Å². The highest BCUT2D eigenvalue weighted by Crippen LogP contribution is 2.48. The molecule has 0 saturated heterocycles. The van der Waals surface area contributed by atoms with E-state index in [0.717, 1.165) is 57.9 Å². The Morgan fingerprint density at radius 3 is 1.75 bits per heavy atom. The summed E-state index contributed by atoms with van der Waals surface area (Å²) in [6, 6.07) is 39.9. The van der Waals surface area contributed by atoms with Crippen LogP contribution >= 0.6 is 22.7 Å². The van der Waals surface area contributed by atoms with E-state index < -0.39 is 54.4 Å². The van der Waals surface area contributed by atoms with Crippen molar-refractivity contribution in [2.45, 2.75) is 0 Å². The molecular weight excluding hydrogens is 655 g/mol. The minimum Gasteiger partial charge on any atom is -0.309 e. The minimum atomic E-state index is -0.621. The smallest absolute Gasteiger partial charge is 0.0645 e. The lowest BCUT2D eigenvalue weighted by Gasteiger charge is -2.27. The zero-order valence-corrected chi connectivity index (χ0v) is 28.6. The first-order valence-electron chi connectivity index (χ1n) is 21.0. The number of nitrogens with zero attached hydrogens (tertiary/aromatic N) is 1. The molecule has 0 aliphatic rings. The maximum atomic E-state index is 9.64. The number of thiophene rings is 2. The first kappa shape index (κ1) is 22.0. The van der Waals surface area contributed by atoms with Crippen molar-refractivity contribution in [2.75, 3.05) is 4.90 Å². The Labute approximate surface area is 317 Å². The molecule has 3 heteroatoms. The van der Waals surface area contributed by atoms with Crippen LogP contribution in [-0.2, 0) is 0 Å². The van der Waals surface area contributed by atoms with E-state index in [0.29, 0.717) is 11.4 Å². The van der Waals surface area contributed by atoms with E-state index in [9.17, 15) is 5.48 Å². The summed E-state index contributed by atoms with van der Waals surface area (Å²) in [4.78, 5) is 1.79. The van der Waals surface area contributed by atoms with Gasteiger partial charge in [-0.15, -0.1) is 22.7 Å². The molecule has 0 atom stereocenters. The highest BCUT2D eigenvalue weighted by molar-refractivity contribution is 7.26. The van der Waals surface area contributed by atoms with Gasteiger partial charge in [0.15, 0.2) is 0 Å². The molecule has 0 N–H and O–H groups in total. The van der Waals surface area contributed by atoms with Gasteiger partial charge in [-0.3, -0.25) is 0 Å². The largest absolute Gasteiger partial charge is 0.309 e. The first-order chi connectivity index (χ1) is 29.0. The van der Waals surface area contributed by atoms with Crippen LogP contribution in [-0.4, -0.2) is 0 Å². The minimum absolute atomic E-state index is 0.0374. The van der Waals surface area contributed by atoms with Crippen LogP contribution in [0.25, 0.3) is 73.7 Å². The van der Waals surface area contributed by atoms with E-state index in [4.69, 9.17) is 6.85 Å². The van der Waals surface area contributed by atoms with Gasteiger partial charge in [-0.2, -0.15) is 0 Å². The molecule has 2 heterocycles. The van der Waals surface area contributed by atoms with Crippen molar-refractivity contribution < 1.29 is 12.3 Å². The van der Waals surface area contributed by atoms with Crippen LogP contribution in [0.1, 0.15) is 12.3 Å². The summed E-state index contributed by atoms with van der Waals surface area (Å²) in [5, 5.41) is 4.32. The Bertz CT molecular complexity index is 3340. The van der Waals surface area contributed by atoms with Crippen LogP contribution < -0.4 is 4.90 Å². The summed E-state index contributed by atoms with van der Waals surface area (Å²) in [6.07, 6.45) is 0. The third kappa shape index (κ3) is 5.13. The standard InChI is InChI=1S/C48H31NS2/c1-3-13-32(14-4-1)33-25-27-35(28-26-33)49(44-22-12-21-41-39-18-8-10-24-46(39)51-48(41)44)36-29-30-37(34-15-5-2-6-16-34)43(31-36)42-20-11-19-40-38-17-7-9-23-45(38)50-47(40)42/h1-31H/i1D,3D,4D,13D,14D,25D,26D,27D,28D. The average Bonchev–Trinajstić information content (AvgIpc) is 3.86. The van der Waals surface area contributed by atoms with Crippen LogP contribution in [0.4, 0.5) is 17.1 Å². The Balaban J connectivity index is 1.30. The van der Waals surface area contributed by atoms with Crippen LogP contribution in [0.5, 0.6) is 0 Å². The van der Waals surface area contributed by atoms with Gasteiger partial charge in [-0.25, -0.2) is 0 Å². The fraction of sp³-hybridized carbons (Fsp3) is 0. The summed E-state index contributed by atoms with van der Waals surface area (Å²) >= 11 is 3.30. The molecule has 2 aromatic heterocycles. The van der Waals surface area contributed by atoms with Crippen molar-refractivity contribution in [3.8, 4) is 33.4 Å². The monoisotopic (exact) mass is 694 g/mol. The molecule has 0 saturated carbocycles. The van der Waals surface area contributed by atoms with Crippen molar-refractivity contribution in [1.82, 2.24) is 0 Å². The van der Waals surface area contributed by atoms with Gasteiger partial charge in [-0.05, 0) is 70.2 Å². The zero-order valence-electron chi connectivity index (χ0n) is 36.0. The molecule has 0 fully saturated rings. The SMILES string of the molecule is [2H]c1c([2H])c([2H])c(-c2c([2H])c([2H])c(N(c3ccc(-c4ccccc4)c(-c4cccc5c4sc4ccccc45)c3)c3cccc4c3sc3ccccc34)c([2H])c2[2H])c([2H])c1[2H]. The zero-order chi connectivity index (χ0) is 41.6. The molecular formula is C48H31NS2. The number of benzene rings is 8. The lowest BCUT2D eigenvalue weighted by atomic mass is 9.92. The van der Waals surface area contributed by atoms with E-state index in [1.165, 1.54) is 4.70 Å². The summed E-state index contributed by atoms with van der Waals surface area (Å²) in [5.74, 6) is 0. The Morgan fingerprint density at radius 2 is 1.00 bits per heavy atom. The molecule has 0 aliphatic heterocycles. The molecule has 8 aromatic carbocycles. The maximum absolute atomic E-state index is 9.64. The fourth-order valence-corrected chi connectivity index (χ4v) is 9.37. The van der Waals surface area contributed by atoms with Crippen LogP contribution in [0.15, 0.2) is 188 Å². The predicted octanol–water partition coefficient (Wildman–Crippen LogP) is 14.9. The normalized spacial score (nSPS) is 14.0. The van der Waals surface area contributed by atoms with Crippen LogP contribution in [0, 0.1) is 0 Å². The van der Waals surface area contributed by atoms with Crippen molar-refractivity contribution in [1.29, 1.82) is 0 Å². The van der Waals surface area contributed by atoms with E-state index in [1.54, 1.807) is 27.6 Å². The highest BCUT2D eigenvalue weighted by Gasteiger charge is 2.21. The molecule has 51 heavy (non-hydrogen) atoms. The molecule has 0 unspecified atom stereocenters. The maximum Gasteiger partial charge on any atom is 0.0645 e. The van der Waals surface area contributed by atoms with E-state index in [1.807, 2.05) is 72.8 Å². The van der Waals surface area contributed by atoms with Gasteiger partial charge < -0.3 is 4.90 Å². The van der Waals surface area contributed by atoms with Gasteiger partial charge in [0.05, 0.1) is 22.7 Å². The van der Waals surface area contributed by atoms with Crippen molar-refractivity contribution in [3.63, 3.8) is 0 Å². The number of hydrogen-bond donors (Lipinski definition) is 0. The lowest BCUT2D eigenvalue weighted by molar-refractivity contribution is 1.30. The summed E-state index contributed by atoms with van der Waals surface area (Å²) in [5.41, 5.74) is 4.34. The Hall–Kier alpha value is -6.00. The Kier molecular flexibility index (Phi) is 5.34. The molecule has 0 radical (unpaired) electrons. The second-order valence-corrected chi connectivity index (χ2v) is 14.3. The molecule has 0 amide bonds. The second kappa shape index (κ2) is 12.4. The van der Waals surface area contributed by atoms with Gasteiger partial charge >= 0.3 is 0 Å². The fourth-order valence-electron chi connectivity index (χ4n) is 6.94. The molecule has 10 rings (SSSR count). The first-order valence-corrected chi connectivity index (χ1v) is 18.2. The molecule has 1 nitrogen and oxygen atoms in total. The third-order valence-electron chi connectivity index (χ3n) is 9.25. The number of fused-ring (bicyclic) bond motifs is 6. The summed E-state index contributed by atoms with van der Waals surface area (Å²) in [7, 11) is 0. The molecule has 0 bridgehead atoms. The summed E-state index contributed by atoms with van der Waals surface area (Å²) < 4.78 is 84.4. The van der Waals surface area contributed by atoms with Crippen LogP contribution in [0.2, 0.25) is 0 Å². The number of hydrogen-bond acceptors (Lipinski definition) is 3. The van der Waals surface area contributed by atoms with Gasteiger partial charge in [0.2, 0.25) is 0 Å². The van der Waals surface area contributed by atoms with Gasteiger partial charge in [-0.1, -0.05) is 145 Å². The Morgan fingerprint density at radius 1 is 0.392 bits per heavy atom. The van der Waals surface area contributed by atoms with Gasteiger partial charge in [0.25, 0.3) is 0 Å². The predicted molar refractivity (Wildman–Crippen MR) is 223 cm³/mol. The quantitative estimate of drug-likeness (QED) is 0.167. The topological polar surface area (TPSA) is 3.24 Å². The lowest BCUT2D eigenvalue weighted by Crippen LogP contribution is -2.10. The van der Waals surface area contributed by atoms with Crippen molar-refractivity contribution >= 4 is 80.1 Å². The highest BCUT2D eigenvalue weighted by atomic mass is 32.1. The van der Waals surface area contributed by atoms with E-state index in [2.05, 4.69) is 60.7 Å². The molecule has 0 aliphatic carbocycles. The number of rotatable bonds is 6. The van der Waals surface area contributed by atoms with Gasteiger partial charge in [0.1, 0.15) is 0 Å². The molecule has 10 aromatic rings. The summed E-state index contributed by atoms with van der Waals surface area (Å²) in [6.45, 7) is 0. The number of anilines is 3. The van der Waals surface area contributed by atoms with Gasteiger partial charge in [0, 0.05) is 52.6 Å². The third-order valence-corrected chi connectivity index (χ3v) is 11.7. The second-order valence-electron chi connectivity index (χ2n) is 12.2. The van der Waals surface area contributed by atoms with E-state index in [-0.39, 0.29) is 16.8 Å². The molecule has 0 spiro atoms. The molecule has 240 valence electrons. The average molecular weight is 695 g/mol. The van der Waals surface area contributed by atoms with E-state index >= 15 is 0 Å². The van der Waals surface area contributed by atoms with Crippen molar-refractivity contribution in [3.05, 3.63) is 188 Å².